The lowest BCUT2D eigenvalue weighted by Crippen LogP contribution is -2.55. The Hall–Kier alpha value is -3.72. The van der Waals surface area contributed by atoms with Crippen LogP contribution in [-0.2, 0) is 23.8 Å². The second kappa shape index (κ2) is 41.3. The Balaban J connectivity index is 1.95. The Bertz CT molecular complexity index is 1500. The normalized spacial score (nSPS) is 13.1. The molecule has 0 aromatic heterocycles. The zero-order valence-corrected chi connectivity index (χ0v) is 42.6. The fourth-order valence-electron chi connectivity index (χ4n) is 8.98. The summed E-state index contributed by atoms with van der Waals surface area (Å²) >= 11 is 0. The first-order valence-electron chi connectivity index (χ1n) is 27.4. The van der Waals surface area contributed by atoms with Gasteiger partial charge in [0.05, 0.1) is 23.8 Å². The Morgan fingerprint density at radius 3 is 1.12 bits per heavy atom. The van der Waals surface area contributed by atoms with Gasteiger partial charge in [0.15, 0.2) is 12.2 Å². The van der Waals surface area contributed by atoms with E-state index in [0.29, 0.717) is 31.2 Å². The summed E-state index contributed by atoms with van der Waals surface area (Å²) < 4.78 is 17.8. The van der Waals surface area contributed by atoms with E-state index in [9.17, 15) is 24.3 Å². The number of rotatable bonds is 44. The van der Waals surface area contributed by atoms with E-state index in [1.807, 2.05) is 6.07 Å². The Morgan fingerprint density at radius 1 is 0.448 bits per heavy atom. The second-order valence-corrected chi connectivity index (χ2v) is 19.1. The highest BCUT2D eigenvalue weighted by Gasteiger charge is 2.38. The minimum absolute atomic E-state index is 0.284. The summed E-state index contributed by atoms with van der Waals surface area (Å²) in [6.45, 7) is 5.18. The first kappa shape index (κ1) is 59.4. The Labute approximate surface area is 408 Å². The van der Waals surface area contributed by atoms with Crippen molar-refractivity contribution in [1.82, 2.24) is 5.32 Å². The molecule has 67 heavy (non-hydrogen) atoms. The molecule has 0 aliphatic heterocycles. The van der Waals surface area contributed by atoms with Crippen molar-refractivity contribution >= 4 is 23.8 Å². The summed E-state index contributed by atoms with van der Waals surface area (Å²) in [6.07, 6.45) is 36.6. The maximum Gasteiger partial charge on any atom is 0.338 e. The number of esters is 3. The third kappa shape index (κ3) is 30.4. The van der Waals surface area contributed by atoms with Crippen molar-refractivity contribution in [2.75, 3.05) is 6.61 Å². The fourth-order valence-corrected chi connectivity index (χ4v) is 8.98. The van der Waals surface area contributed by atoms with Gasteiger partial charge in [-0.1, -0.05) is 243 Å². The minimum atomic E-state index is -1.24. The van der Waals surface area contributed by atoms with Gasteiger partial charge in [0.1, 0.15) is 6.10 Å². The highest BCUT2D eigenvalue weighted by molar-refractivity contribution is 5.90. The number of aliphatic hydroxyl groups is 1. The first-order valence-corrected chi connectivity index (χ1v) is 27.4. The molecule has 380 valence electrons. The van der Waals surface area contributed by atoms with E-state index in [1.54, 1.807) is 54.6 Å². The molecule has 1 amide bonds. The van der Waals surface area contributed by atoms with Crippen LogP contribution in [0.2, 0.25) is 0 Å². The number of benzene rings is 2. The number of amides is 1. The van der Waals surface area contributed by atoms with Crippen molar-refractivity contribution in [3.63, 3.8) is 0 Å². The van der Waals surface area contributed by atoms with Gasteiger partial charge in [-0.15, -0.1) is 0 Å². The molecular weight excluding hydrogens is 839 g/mol. The van der Waals surface area contributed by atoms with Crippen molar-refractivity contribution in [3.05, 3.63) is 71.8 Å². The third-order valence-electron chi connectivity index (χ3n) is 13.1. The number of hydrogen-bond acceptors (Lipinski definition) is 8. The number of carbonyl (C=O) groups is 4. The van der Waals surface area contributed by atoms with Crippen LogP contribution in [0.1, 0.15) is 260 Å². The van der Waals surface area contributed by atoms with Gasteiger partial charge < -0.3 is 24.6 Å². The van der Waals surface area contributed by atoms with Gasteiger partial charge in [0, 0.05) is 6.92 Å². The molecule has 0 aliphatic rings. The molecule has 4 atom stereocenters. The largest absolute Gasteiger partial charge is 0.455 e. The van der Waals surface area contributed by atoms with Crippen molar-refractivity contribution in [2.45, 2.75) is 263 Å². The van der Waals surface area contributed by atoms with Crippen molar-refractivity contribution in [3.8, 4) is 0 Å². The highest BCUT2D eigenvalue weighted by atomic mass is 16.6. The Kier molecular flexibility index (Phi) is 36.6. The monoisotopic (exact) mass is 934 g/mol. The van der Waals surface area contributed by atoms with Gasteiger partial charge in [-0.2, -0.15) is 0 Å². The molecule has 9 nitrogen and oxygen atoms in total. The molecular formula is C58H95NO8. The standard InChI is InChI=1S/C58H95NO8/c1-4-6-8-10-12-14-16-18-19-20-21-22-23-24-25-27-29-31-33-41-47-54(65-49(3)61)56(62)59-52(48-60)55(67-58(64)51-44-38-35-39-45-51)53(66-57(63)50-42-36-34-37-43-50)46-40-32-30-28-26-17-15-13-11-9-7-5-2/h34-39,42-45,52-55,60H,4-33,40-41,46-48H2,1-3H3,(H,59,62)/t52-,53+,54+,55-/m0/s1. The van der Waals surface area contributed by atoms with Gasteiger partial charge in [-0.3, -0.25) is 9.59 Å². The molecule has 0 radical (unpaired) electrons. The molecule has 0 bridgehead atoms. The summed E-state index contributed by atoms with van der Waals surface area (Å²) in [4.78, 5) is 53.4. The van der Waals surface area contributed by atoms with E-state index in [-0.39, 0.29) is 5.56 Å². The summed E-state index contributed by atoms with van der Waals surface area (Å²) in [5.74, 6) is -2.44. The number of nitrogens with one attached hydrogen (secondary N) is 1. The molecule has 2 aromatic rings. The lowest BCUT2D eigenvalue weighted by molar-refractivity contribution is -0.155. The van der Waals surface area contributed by atoms with Crippen molar-refractivity contribution in [1.29, 1.82) is 0 Å². The maximum atomic E-state index is 13.9. The lowest BCUT2D eigenvalue weighted by atomic mass is 9.98. The first-order chi connectivity index (χ1) is 32.8. The molecule has 9 heteroatoms. The molecule has 2 N–H and O–H groups in total. The summed E-state index contributed by atoms with van der Waals surface area (Å²) in [5.41, 5.74) is 0.621. The quantitative estimate of drug-likeness (QED) is 0.0382. The smallest absolute Gasteiger partial charge is 0.338 e. The second-order valence-electron chi connectivity index (χ2n) is 19.1. The van der Waals surface area contributed by atoms with Gasteiger partial charge >= 0.3 is 17.9 Å². The van der Waals surface area contributed by atoms with Crippen LogP contribution in [0.3, 0.4) is 0 Å². The van der Waals surface area contributed by atoms with Gasteiger partial charge in [-0.25, -0.2) is 9.59 Å². The lowest BCUT2D eigenvalue weighted by Gasteiger charge is -2.33. The Morgan fingerprint density at radius 2 is 0.776 bits per heavy atom. The van der Waals surface area contributed by atoms with Crippen LogP contribution in [0.5, 0.6) is 0 Å². The van der Waals surface area contributed by atoms with E-state index < -0.39 is 54.8 Å². The van der Waals surface area contributed by atoms with E-state index >= 15 is 0 Å². The highest BCUT2D eigenvalue weighted by Crippen LogP contribution is 2.23. The van der Waals surface area contributed by atoms with Crippen LogP contribution >= 0.6 is 0 Å². The van der Waals surface area contributed by atoms with Gasteiger partial charge in [-0.05, 0) is 49.9 Å². The minimum Gasteiger partial charge on any atom is -0.455 e. The van der Waals surface area contributed by atoms with E-state index in [1.165, 1.54) is 161 Å². The van der Waals surface area contributed by atoms with Crippen molar-refractivity contribution in [2.24, 2.45) is 0 Å². The van der Waals surface area contributed by atoms with Crippen LogP contribution in [0.25, 0.3) is 0 Å². The SMILES string of the molecule is CCCCCCCCCCCCCCCCCCCCCC[C@@H](OC(C)=O)C(=O)N[C@@H](CO)[C@H](OC(=O)c1ccccc1)[C@@H](CCCCCCCCCCCCCC)OC(=O)c1ccccc1. The topological polar surface area (TPSA) is 128 Å². The van der Waals surface area contributed by atoms with E-state index in [4.69, 9.17) is 14.2 Å². The van der Waals surface area contributed by atoms with E-state index in [0.717, 1.165) is 38.5 Å². The molecule has 0 saturated carbocycles. The van der Waals surface area contributed by atoms with Gasteiger partial charge in [0.25, 0.3) is 5.91 Å². The summed E-state index contributed by atoms with van der Waals surface area (Å²) in [5, 5.41) is 13.7. The van der Waals surface area contributed by atoms with Crippen molar-refractivity contribution < 1.29 is 38.5 Å². The number of unbranched alkanes of at least 4 members (excludes halogenated alkanes) is 30. The van der Waals surface area contributed by atoms with Crippen LogP contribution < -0.4 is 5.32 Å². The van der Waals surface area contributed by atoms with Crippen LogP contribution in [0, 0.1) is 0 Å². The zero-order chi connectivity index (χ0) is 48.4. The number of carbonyl (C=O) groups excluding carboxylic acids is 4. The number of hydrogen-bond donors (Lipinski definition) is 2. The predicted molar refractivity (Wildman–Crippen MR) is 274 cm³/mol. The van der Waals surface area contributed by atoms with Gasteiger partial charge in [0.2, 0.25) is 0 Å². The molecule has 2 rings (SSSR count). The molecule has 0 heterocycles. The molecule has 0 spiro atoms. The van der Waals surface area contributed by atoms with Crippen LogP contribution in [0.15, 0.2) is 60.7 Å². The van der Waals surface area contributed by atoms with Crippen LogP contribution in [-0.4, -0.2) is 59.9 Å². The predicted octanol–water partition coefficient (Wildman–Crippen LogP) is 15.1. The molecule has 2 aromatic carbocycles. The molecule has 0 aliphatic carbocycles. The molecule has 0 unspecified atom stereocenters. The van der Waals surface area contributed by atoms with E-state index in [2.05, 4.69) is 19.2 Å². The summed E-state index contributed by atoms with van der Waals surface area (Å²) in [7, 11) is 0. The third-order valence-corrected chi connectivity index (χ3v) is 13.1. The molecule has 0 fully saturated rings. The number of ether oxygens (including phenoxy) is 3. The number of aliphatic hydroxyl groups excluding tert-OH is 1. The maximum absolute atomic E-state index is 13.9. The average molecular weight is 934 g/mol. The zero-order valence-electron chi connectivity index (χ0n) is 42.6. The van der Waals surface area contributed by atoms with Crippen LogP contribution in [0.4, 0.5) is 0 Å². The fraction of sp³-hybridized carbons (Fsp3) is 0.724. The average Bonchev–Trinajstić information content (AvgIpc) is 3.34. The summed E-state index contributed by atoms with van der Waals surface area (Å²) in [6, 6.07) is 16.0. The molecule has 0 saturated heterocycles.